The van der Waals surface area contributed by atoms with E-state index < -0.39 is 0 Å². The number of amides is 1. The van der Waals surface area contributed by atoms with Crippen LogP contribution in [0.4, 0.5) is 0 Å². The van der Waals surface area contributed by atoms with E-state index in [0.29, 0.717) is 6.42 Å². The molecule has 0 aromatic carbocycles. The van der Waals surface area contributed by atoms with Crippen molar-refractivity contribution in [2.75, 3.05) is 31.1 Å². The highest BCUT2D eigenvalue weighted by Gasteiger charge is 2.12. The zero-order valence-electron chi connectivity index (χ0n) is 9.55. The van der Waals surface area contributed by atoms with Gasteiger partial charge in [-0.2, -0.15) is 11.8 Å². The SMILES string of the molecule is CCNC(=O)CCNCC1CCSCC1. The zero-order valence-corrected chi connectivity index (χ0v) is 10.4. The van der Waals surface area contributed by atoms with Crippen LogP contribution >= 0.6 is 11.8 Å². The van der Waals surface area contributed by atoms with E-state index in [0.717, 1.165) is 25.6 Å². The van der Waals surface area contributed by atoms with Crippen molar-refractivity contribution in [3.63, 3.8) is 0 Å². The molecule has 1 fully saturated rings. The highest BCUT2D eigenvalue weighted by molar-refractivity contribution is 7.99. The molecule has 1 aliphatic rings. The molecule has 1 heterocycles. The van der Waals surface area contributed by atoms with Crippen molar-refractivity contribution in [2.45, 2.75) is 26.2 Å². The largest absolute Gasteiger partial charge is 0.356 e. The molecule has 0 aromatic heterocycles. The molecule has 0 unspecified atom stereocenters. The lowest BCUT2D eigenvalue weighted by Crippen LogP contribution is -2.30. The van der Waals surface area contributed by atoms with Gasteiger partial charge in [0.25, 0.3) is 0 Å². The van der Waals surface area contributed by atoms with E-state index >= 15 is 0 Å². The van der Waals surface area contributed by atoms with Gasteiger partial charge in [-0.05, 0) is 43.7 Å². The van der Waals surface area contributed by atoms with E-state index in [9.17, 15) is 4.79 Å². The van der Waals surface area contributed by atoms with Crippen molar-refractivity contribution >= 4 is 17.7 Å². The van der Waals surface area contributed by atoms with E-state index in [-0.39, 0.29) is 5.91 Å². The second-order valence-electron chi connectivity index (χ2n) is 3.96. The van der Waals surface area contributed by atoms with Crippen LogP contribution in [0.2, 0.25) is 0 Å². The van der Waals surface area contributed by atoms with Gasteiger partial charge in [0.15, 0.2) is 0 Å². The maximum Gasteiger partial charge on any atom is 0.221 e. The summed E-state index contributed by atoms with van der Waals surface area (Å²) in [5.74, 6) is 3.61. The van der Waals surface area contributed by atoms with Crippen molar-refractivity contribution in [1.82, 2.24) is 10.6 Å². The third-order valence-corrected chi connectivity index (χ3v) is 3.73. The molecule has 1 aliphatic heterocycles. The topological polar surface area (TPSA) is 41.1 Å². The van der Waals surface area contributed by atoms with Crippen molar-refractivity contribution in [2.24, 2.45) is 5.92 Å². The Morgan fingerprint density at radius 1 is 1.40 bits per heavy atom. The number of nitrogens with one attached hydrogen (secondary N) is 2. The molecule has 0 spiro atoms. The van der Waals surface area contributed by atoms with E-state index in [1.54, 1.807) is 0 Å². The van der Waals surface area contributed by atoms with E-state index in [2.05, 4.69) is 22.4 Å². The second kappa shape index (κ2) is 7.99. The van der Waals surface area contributed by atoms with Gasteiger partial charge in [-0.25, -0.2) is 0 Å². The smallest absolute Gasteiger partial charge is 0.221 e. The Morgan fingerprint density at radius 3 is 2.80 bits per heavy atom. The third kappa shape index (κ3) is 6.05. The predicted molar refractivity (Wildman–Crippen MR) is 66.2 cm³/mol. The molecule has 0 atom stereocenters. The molecule has 0 saturated carbocycles. The molecule has 1 saturated heterocycles. The van der Waals surface area contributed by atoms with Crippen LogP contribution in [0.25, 0.3) is 0 Å². The Hall–Kier alpha value is -0.220. The van der Waals surface area contributed by atoms with Gasteiger partial charge in [-0.15, -0.1) is 0 Å². The van der Waals surface area contributed by atoms with Gasteiger partial charge in [0.2, 0.25) is 5.91 Å². The fourth-order valence-electron chi connectivity index (χ4n) is 1.74. The minimum atomic E-state index is 0.157. The summed E-state index contributed by atoms with van der Waals surface area (Å²) in [6.45, 7) is 4.58. The van der Waals surface area contributed by atoms with Gasteiger partial charge in [0, 0.05) is 19.5 Å². The van der Waals surface area contributed by atoms with Gasteiger partial charge in [0.05, 0.1) is 0 Å². The first-order chi connectivity index (χ1) is 7.33. The highest BCUT2D eigenvalue weighted by Crippen LogP contribution is 2.21. The van der Waals surface area contributed by atoms with Crippen LogP contribution in [-0.4, -0.2) is 37.0 Å². The molecule has 0 aromatic rings. The maximum absolute atomic E-state index is 11.1. The number of rotatable bonds is 6. The average molecular weight is 230 g/mol. The molecule has 1 rings (SSSR count). The second-order valence-corrected chi connectivity index (χ2v) is 5.19. The zero-order chi connectivity index (χ0) is 10.9. The first kappa shape index (κ1) is 12.8. The van der Waals surface area contributed by atoms with Crippen molar-refractivity contribution in [3.8, 4) is 0 Å². The molecular formula is C11H22N2OS. The first-order valence-electron chi connectivity index (χ1n) is 5.88. The lowest BCUT2D eigenvalue weighted by Gasteiger charge is -2.21. The number of thioether (sulfide) groups is 1. The maximum atomic E-state index is 11.1. The summed E-state index contributed by atoms with van der Waals surface area (Å²) in [6, 6.07) is 0. The van der Waals surface area contributed by atoms with Gasteiger partial charge < -0.3 is 10.6 Å². The Labute approximate surface area is 96.8 Å². The van der Waals surface area contributed by atoms with Crippen molar-refractivity contribution in [3.05, 3.63) is 0 Å². The first-order valence-corrected chi connectivity index (χ1v) is 7.03. The molecule has 88 valence electrons. The molecule has 4 heteroatoms. The number of hydrogen-bond donors (Lipinski definition) is 2. The van der Waals surface area contributed by atoms with Crippen LogP contribution in [0.3, 0.4) is 0 Å². The fourth-order valence-corrected chi connectivity index (χ4v) is 2.95. The number of carbonyl (C=O) groups is 1. The monoisotopic (exact) mass is 230 g/mol. The molecule has 15 heavy (non-hydrogen) atoms. The van der Waals surface area contributed by atoms with Crippen LogP contribution in [-0.2, 0) is 4.79 Å². The summed E-state index contributed by atoms with van der Waals surface area (Å²) in [4.78, 5) is 11.1. The van der Waals surface area contributed by atoms with Crippen LogP contribution < -0.4 is 10.6 Å². The molecule has 0 radical (unpaired) electrons. The summed E-state index contributed by atoms with van der Waals surface area (Å²) < 4.78 is 0. The quantitative estimate of drug-likeness (QED) is 0.675. The lowest BCUT2D eigenvalue weighted by molar-refractivity contribution is -0.120. The van der Waals surface area contributed by atoms with Gasteiger partial charge in [-0.1, -0.05) is 0 Å². The fraction of sp³-hybridized carbons (Fsp3) is 0.909. The standard InChI is InChI=1S/C11H22N2OS/c1-2-13-11(14)3-6-12-9-10-4-7-15-8-5-10/h10,12H,2-9H2,1H3,(H,13,14). The van der Waals surface area contributed by atoms with Gasteiger partial charge in [0.1, 0.15) is 0 Å². The Morgan fingerprint density at radius 2 is 2.13 bits per heavy atom. The van der Waals surface area contributed by atoms with E-state index in [4.69, 9.17) is 0 Å². The normalized spacial score (nSPS) is 17.7. The Kier molecular flexibility index (Phi) is 6.85. The predicted octanol–water partition coefficient (Wildman–Crippen LogP) is 1.25. The minimum absolute atomic E-state index is 0.157. The molecule has 2 N–H and O–H groups in total. The Bertz CT molecular complexity index is 181. The summed E-state index contributed by atoms with van der Waals surface area (Å²) in [5, 5.41) is 6.18. The highest BCUT2D eigenvalue weighted by atomic mass is 32.2. The summed E-state index contributed by atoms with van der Waals surface area (Å²) in [5.41, 5.74) is 0. The van der Waals surface area contributed by atoms with Crippen LogP contribution in [0, 0.1) is 5.92 Å². The van der Waals surface area contributed by atoms with E-state index in [1.807, 2.05) is 6.92 Å². The van der Waals surface area contributed by atoms with Crippen LogP contribution in [0.15, 0.2) is 0 Å². The molecule has 0 bridgehead atoms. The summed E-state index contributed by atoms with van der Waals surface area (Å²) in [7, 11) is 0. The number of carbonyl (C=O) groups excluding carboxylic acids is 1. The number of hydrogen-bond acceptors (Lipinski definition) is 3. The van der Waals surface area contributed by atoms with Crippen LogP contribution in [0.1, 0.15) is 26.2 Å². The molecular weight excluding hydrogens is 208 g/mol. The van der Waals surface area contributed by atoms with Gasteiger partial charge in [-0.3, -0.25) is 4.79 Å². The average Bonchev–Trinajstić information content (AvgIpc) is 2.26. The third-order valence-electron chi connectivity index (χ3n) is 2.68. The van der Waals surface area contributed by atoms with E-state index in [1.165, 1.54) is 24.3 Å². The van der Waals surface area contributed by atoms with Crippen LogP contribution in [0.5, 0.6) is 0 Å². The van der Waals surface area contributed by atoms with Crippen molar-refractivity contribution < 1.29 is 4.79 Å². The molecule has 0 aliphatic carbocycles. The lowest BCUT2D eigenvalue weighted by atomic mass is 10.0. The Balaban J connectivity index is 1.93. The summed E-state index contributed by atoms with van der Waals surface area (Å²) >= 11 is 2.06. The molecule has 3 nitrogen and oxygen atoms in total. The molecule has 1 amide bonds. The minimum Gasteiger partial charge on any atom is -0.356 e. The van der Waals surface area contributed by atoms with Crippen molar-refractivity contribution in [1.29, 1.82) is 0 Å². The van der Waals surface area contributed by atoms with Gasteiger partial charge >= 0.3 is 0 Å². The summed E-state index contributed by atoms with van der Waals surface area (Å²) in [6.07, 6.45) is 3.27.